The average Bonchev–Trinajstić information content (AvgIpc) is 2.37. The lowest BCUT2D eigenvalue weighted by molar-refractivity contribution is 0.0695. The zero-order valence-corrected chi connectivity index (χ0v) is 11.6. The lowest BCUT2D eigenvalue weighted by Crippen LogP contribution is -2.47. The van der Waals surface area contributed by atoms with E-state index < -0.39 is 0 Å². The number of likely N-dealkylation sites (tertiary alicyclic amines) is 1. The van der Waals surface area contributed by atoms with Gasteiger partial charge in [0.05, 0.1) is 0 Å². The second-order valence-electron chi connectivity index (χ2n) is 5.17. The fourth-order valence-electron chi connectivity index (χ4n) is 2.66. The monoisotopic (exact) mass is 264 g/mol. The first-order chi connectivity index (χ1) is 9.10. The predicted octanol–water partition coefficient (Wildman–Crippen LogP) is 2.35. The molecule has 0 aromatic heterocycles. The van der Waals surface area contributed by atoms with E-state index in [4.69, 9.17) is 0 Å². The van der Waals surface area contributed by atoms with Crippen LogP contribution < -0.4 is 5.32 Å². The average molecular weight is 264 g/mol. The Kier molecular flexibility index (Phi) is 4.53. The second kappa shape index (κ2) is 6.15. The zero-order chi connectivity index (χ0) is 13.8. The van der Waals surface area contributed by atoms with E-state index in [1.807, 2.05) is 4.90 Å². The first-order valence-electron chi connectivity index (χ1n) is 6.90. The number of hydrogen-bond donors (Lipinski definition) is 1. The smallest absolute Gasteiger partial charge is 0.254 e. The van der Waals surface area contributed by atoms with Crippen molar-refractivity contribution in [2.75, 3.05) is 19.6 Å². The number of benzene rings is 1. The van der Waals surface area contributed by atoms with Crippen LogP contribution in [0.2, 0.25) is 0 Å². The maximum Gasteiger partial charge on any atom is 0.254 e. The third-order valence-electron chi connectivity index (χ3n) is 3.49. The van der Waals surface area contributed by atoms with Crippen molar-refractivity contribution < 1.29 is 9.18 Å². The molecule has 0 spiro atoms. The Labute approximate surface area is 113 Å². The van der Waals surface area contributed by atoms with Crippen LogP contribution in [0.5, 0.6) is 0 Å². The number of piperidine rings is 1. The number of likely N-dealkylation sites (N-methyl/N-ethyl adjacent to an activating group) is 1. The number of hydrogen-bond acceptors (Lipinski definition) is 2. The second-order valence-corrected chi connectivity index (χ2v) is 5.17. The Morgan fingerprint density at radius 2 is 2.26 bits per heavy atom. The Morgan fingerprint density at radius 1 is 1.47 bits per heavy atom. The maximum atomic E-state index is 13.4. The van der Waals surface area contributed by atoms with Gasteiger partial charge >= 0.3 is 0 Å². The number of halogens is 1. The summed E-state index contributed by atoms with van der Waals surface area (Å²) in [5.74, 6) is -0.409. The van der Waals surface area contributed by atoms with Crippen molar-refractivity contribution in [3.8, 4) is 0 Å². The molecule has 0 saturated carbocycles. The standard InChI is InChI=1S/C15H21FN2O/c1-3-17-14-5-4-6-18(10-14)15(19)12-7-11(2)8-13(16)9-12/h7-9,14,17H,3-6,10H2,1-2H3. The van der Waals surface area contributed by atoms with Crippen molar-refractivity contribution in [3.63, 3.8) is 0 Å². The van der Waals surface area contributed by atoms with Gasteiger partial charge in [-0.15, -0.1) is 0 Å². The predicted molar refractivity (Wildman–Crippen MR) is 73.7 cm³/mol. The largest absolute Gasteiger partial charge is 0.337 e. The summed E-state index contributed by atoms with van der Waals surface area (Å²) >= 11 is 0. The summed E-state index contributed by atoms with van der Waals surface area (Å²) in [6.45, 7) is 6.25. The molecule has 1 atom stereocenters. The van der Waals surface area contributed by atoms with Gasteiger partial charge in [0.25, 0.3) is 5.91 Å². The molecule has 1 aromatic carbocycles. The van der Waals surface area contributed by atoms with Gasteiger partial charge in [-0.05, 0) is 50.1 Å². The van der Waals surface area contributed by atoms with E-state index in [0.29, 0.717) is 18.2 Å². The van der Waals surface area contributed by atoms with Gasteiger partial charge in [-0.2, -0.15) is 0 Å². The first kappa shape index (κ1) is 14.0. The van der Waals surface area contributed by atoms with Gasteiger partial charge in [-0.1, -0.05) is 6.92 Å². The molecule has 1 saturated heterocycles. The van der Waals surface area contributed by atoms with E-state index in [9.17, 15) is 9.18 Å². The van der Waals surface area contributed by atoms with Gasteiger partial charge in [0.15, 0.2) is 0 Å². The number of rotatable bonds is 3. The maximum absolute atomic E-state index is 13.4. The Bertz CT molecular complexity index is 439. The van der Waals surface area contributed by atoms with Crippen molar-refractivity contribution in [1.82, 2.24) is 10.2 Å². The van der Waals surface area contributed by atoms with Gasteiger partial charge < -0.3 is 10.2 Å². The zero-order valence-electron chi connectivity index (χ0n) is 11.6. The normalized spacial score (nSPS) is 19.5. The summed E-state index contributed by atoms with van der Waals surface area (Å²) < 4.78 is 13.4. The van der Waals surface area contributed by atoms with E-state index in [0.717, 1.165) is 31.5 Å². The van der Waals surface area contributed by atoms with E-state index >= 15 is 0 Å². The number of carbonyl (C=O) groups is 1. The van der Waals surface area contributed by atoms with Crippen molar-refractivity contribution in [1.29, 1.82) is 0 Å². The first-order valence-corrected chi connectivity index (χ1v) is 6.90. The summed E-state index contributed by atoms with van der Waals surface area (Å²) in [5, 5.41) is 3.38. The molecule has 19 heavy (non-hydrogen) atoms. The van der Waals surface area contributed by atoms with Crippen LogP contribution in [0, 0.1) is 12.7 Å². The van der Waals surface area contributed by atoms with E-state index in [-0.39, 0.29) is 11.7 Å². The fourth-order valence-corrected chi connectivity index (χ4v) is 2.66. The van der Waals surface area contributed by atoms with Crippen LogP contribution in [-0.2, 0) is 0 Å². The Balaban J connectivity index is 2.10. The lowest BCUT2D eigenvalue weighted by atomic mass is 10.0. The molecule has 1 aromatic rings. The minimum Gasteiger partial charge on any atom is -0.337 e. The highest BCUT2D eigenvalue weighted by molar-refractivity contribution is 5.94. The van der Waals surface area contributed by atoms with Crippen molar-refractivity contribution in [2.45, 2.75) is 32.7 Å². The molecule has 1 amide bonds. The molecule has 1 aliphatic heterocycles. The number of aryl methyl sites for hydroxylation is 1. The van der Waals surface area contributed by atoms with Crippen molar-refractivity contribution in [3.05, 3.63) is 35.1 Å². The summed E-state index contributed by atoms with van der Waals surface area (Å²) in [7, 11) is 0. The lowest BCUT2D eigenvalue weighted by Gasteiger charge is -2.33. The molecular formula is C15H21FN2O. The summed E-state index contributed by atoms with van der Waals surface area (Å²) in [6, 6.07) is 4.88. The van der Waals surface area contributed by atoms with Crippen molar-refractivity contribution >= 4 is 5.91 Å². The molecule has 0 aliphatic carbocycles. The van der Waals surface area contributed by atoms with Crippen LogP contribution in [-0.4, -0.2) is 36.5 Å². The molecule has 1 fully saturated rings. The number of amides is 1. The molecular weight excluding hydrogens is 243 g/mol. The van der Waals surface area contributed by atoms with Gasteiger partial charge in [-0.25, -0.2) is 4.39 Å². The Hall–Kier alpha value is -1.42. The topological polar surface area (TPSA) is 32.3 Å². The molecule has 0 radical (unpaired) electrons. The summed E-state index contributed by atoms with van der Waals surface area (Å²) in [4.78, 5) is 14.2. The van der Waals surface area contributed by atoms with Crippen LogP contribution in [0.3, 0.4) is 0 Å². The minimum absolute atomic E-state index is 0.0646. The fraction of sp³-hybridized carbons (Fsp3) is 0.533. The van der Waals surface area contributed by atoms with Gasteiger partial charge in [0.2, 0.25) is 0 Å². The molecule has 104 valence electrons. The van der Waals surface area contributed by atoms with E-state index in [1.54, 1.807) is 13.0 Å². The van der Waals surface area contributed by atoms with Gasteiger partial charge in [-0.3, -0.25) is 4.79 Å². The van der Waals surface area contributed by atoms with Gasteiger partial charge in [0.1, 0.15) is 5.82 Å². The molecule has 3 nitrogen and oxygen atoms in total. The van der Waals surface area contributed by atoms with E-state index in [2.05, 4.69) is 12.2 Å². The third-order valence-corrected chi connectivity index (χ3v) is 3.49. The molecule has 1 unspecified atom stereocenters. The molecule has 2 rings (SSSR count). The number of nitrogens with one attached hydrogen (secondary N) is 1. The van der Waals surface area contributed by atoms with Gasteiger partial charge in [0, 0.05) is 24.7 Å². The molecule has 1 N–H and O–H groups in total. The van der Waals surface area contributed by atoms with Crippen LogP contribution in [0.25, 0.3) is 0 Å². The minimum atomic E-state index is -0.344. The molecule has 0 bridgehead atoms. The Morgan fingerprint density at radius 3 is 2.95 bits per heavy atom. The van der Waals surface area contributed by atoms with Crippen molar-refractivity contribution in [2.24, 2.45) is 0 Å². The SMILES string of the molecule is CCNC1CCCN(C(=O)c2cc(C)cc(F)c2)C1. The summed E-state index contributed by atoms with van der Waals surface area (Å²) in [5.41, 5.74) is 1.23. The molecule has 4 heteroatoms. The van der Waals surface area contributed by atoms with E-state index in [1.165, 1.54) is 12.1 Å². The summed E-state index contributed by atoms with van der Waals surface area (Å²) in [6.07, 6.45) is 2.09. The van der Waals surface area contributed by atoms with Crippen LogP contribution >= 0.6 is 0 Å². The number of carbonyl (C=O) groups excluding carboxylic acids is 1. The quantitative estimate of drug-likeness (QED) is 0.909. The van der Waals surface area contributed by atoms with Crippen LogP contribution in [0.15, 0.2) is 18.2 Å². The highest BCUT2D eigenvalue weighted by atomic mass is 19.1. The highest BCUT2D eigenvalue weighted by Crippen LogP contribution is 2.16. The highest BCUT2D eigenvalue weighted by Gasteiger charge is 2.24. The van der Waals surface area contributed by atoms with Crippen LogP contribution in [0.1, 0.15) is 35.7 Å². The molecule has 1 heterocycles. The number of nitrogens with zero attached hydrogens (tertiary/aromatic N) is 1. The molecule has 1 aliphatic rings. The van der Waals surface area contributed by atoms with Crippen LogP contribution in [0.4, 0.5) is 4.39 Å². The third kappa shape index (κ3) is 3.53.